The van der Waals surface area contributed by atoms with Gasteiger partial charge in [-0.3, -0.25) is 9.11 Å². The van der Waals surface area contributed by atoms with Gasteiger partial charge in [0.15, 0.2) is 0 Å². The van der Waals surface area contributed by atoms with Crippen LogP contribution in [0.2, 0.25) is 0 Å². The molecule has 9 heteroatoms. The van der Waals surface area contributed by atoms with Crippen molar-refractivity contribution < 1.29 is 47.1 Å². The average molecular weight is 167 g/mol. The summed E-state index contributed by atoms with van der Waals surface area (Å²) in [5.74, 6) is 0. The molecule has 0 aliphatic carbocycles. The van der Waals surface area contributed by atoms with Crippen molar-refractivity contribution >= 4 is 10.4 Å². The second kappa shape index (κ2) is 8.27. The Kier molecular flexibility index (Phi) is 14.8. The first-order valence-electron chi connectivity index (χ1n) is 1.06. The fourth-order valence-corrected chi connectivity index (χ4v) is 0. The molecule has 0 fully saturated rings. The standard InChI is InChI=1S/HNO2.Na.H2O4S/c2-1-3;;1-5(2,3)4/h(H,2,3);;(H2,1,2,3,4)/q;+1;/p-1. The van der Waals surface area contributed by atoms with Crippen LogP contribution in [0.3, 0.4) is 0 Å². The summed E-state index contributed by atoms with van der Waals surface area (Å²) in [6.45, 7) is 0. The predicted molar refractivity (Wildman–Crippen MR) is 23.3 cm³/mol. The summed E-state index contributed by atoms with van der Waals surface area (Å²) in [6, 6.07) is 0. The van der Waals surface area contributed by atoms with E-state index in [4.69, 9.17) is 27.6 Å². The molecule has 2 N–H and O–H groups in total. The number of nitrogens with zero attached hydrogens (tertiary/aromatic N) is 1. The summed E-state index contributed by atoms with van der Waals surface area (Å²) < 4.78 is 31.6. The molecule has 0 aromatic heterocycles. The maximum atomic E-state index is 8.74. The zero-order valence-corrected chi connectivity index (χ0v) is 7.20. The molecule has 50 valence electrons. The first-order valence-corrected chi connectivity index (χ1v) is 2.46. The molecule has 0 aliphatic heterocycles. The molecule has 0 bridgehead atoms. The first-order chi connectivity index (χ1) is 3.41. The molecular weight excluding hydrogens is 165 g/mol. The molecule has 7 nitrogen and oxygen atoms in total. The molecule has 0 aromatic rings. The molecule has 0 aliphatic rings. The van der Waals surface area contributed by atoms with Crippen LogP contribution in [0.4, 0.5) is 0 Å². The van der Waals surface area contributed by atoms with Gasteiger partial charge in [0.2, 0.25) is 0 Å². The Hall–Kier alpha value is 0.270. The Bertz CT molecular complexity index is 127. The van der Waals surface area contributed by atoms with Crippen molar-refractivity contribution in [3.05, 3.63) is 10.1 Å². The van der Waals surface area contributed by atoms with E-state index in [1.54, 1.807) is 0 Å². The van der Waals surface area contributed by atoms with Crippen LogP contribution in [0.1, 0.15) is 0 Å². The zero-order valence-electron chi connectivity index (χ0n) is 4.38. The van der Waals surface area contributed by atoms with Crippen molar-refractivity contribution in [1.29, 1.82) is 0 Å². The Morgan fingerprint density at radius 2 is 1.33 bits per heavy atom. The van der Waals surface area contributed by atoms with Crippen molar-refractivity contribution in [2.75, 3.05) is 0 Å². The summed E-state index contributed by atoms with van der Waals surface area (Å²) in [7, 11) is -4.67. The Morgan fingerprint density at radius 1 is 1.33 bits per heavy atom. The quantitative estimate of drug-likeness (QED) is 0.167. The third-order valence-corrected chi connectivity index (χ3v) is 0. The summed E-state index contributed by atoms with van der Waals surface area (Å²) in [5, 5.41) is 9.00. The van der Waals surface area contributed by atoms with E-state index >= 15 is 0 Å². The number of rotatable bonds is 0. The Labute approximate surface area is 72.9 Å². The topological polar surface area (TPSA) is 127 Å². The van der Waals surface area contributed by atoms with Crippen LogP contribution in [0.15, 0.2) is 5.34 Å². The van der Waals surface area contributed by atoms with Gasteiger partial charge in [-0.1, -0.05) is 0 Å². The molecule has 0 heterocycles. The van der Waals surface area contributed by atoms with Gasteiger partial charge in [-0.05, 0) is 0 Å². The van der Waals surface area contributed by atoms with E-state index in [0.717, 1.165) is 5.34 Å². The van der Waals surface area contributed by atoms with E-state index in [0.29, 0.717) is 0 Å². The Morgan fingerprint density at radius 3 is 1.33 bits per heavy atom. The summed E-state index contributed by atoms with van der Waals surface area (Å²) in [5.41, 5.74) is 0. The molecule has 0 unspecified atom stereocenters. The maximum absolute atomic E-state index is 8.74. The second-order valence-electron chi connectivity index (χ2n) is 0.522. The van der Waals surface area contributed by atoms with E-state index in [9.17, 15) is 0 Å². The fraction of sp³-hybridized carbons (Fsp3) is 0. The molecule has 0 spiro atoms. The first kappa shape index (κ1) is 16.1. The van der Waals surface area contributed by atoms with Crippen LogP contribution in [0.5, 0.6) is 0 Å². The molecule has 0 amide bonds. The normalized spacial score (nSPS) is 7.78. The van der Waals surface area contributed by atoms with Gasteiger partial charge in [-0.25, -0.2) is 0 Å². The molecule has 0 atom stereocenters. The molecule has 0 saturated carbocycles. The van der Waals surface area contributed by atoms with Crippen LogP contribution in [-0.2, 0) is 10.4 Å². The average Bonchev–Trinajstić information content (AvgIpc) is 1.27. The molecule has 9 heavy (non-hydrogen) atoms. The smallest absolute Gasteiger partial charge is 0.444 e. The van der Waals surface area contributed by atoms with Crippen molar-refractivity contribution in [2.24, 2.45) is 5.34 Å². The van der Waals surface area contributed by atoms with E-state index in [1.165, 1.54) is 0 Å². The monoisotopic (exact) mass is 167 g/mol. The van der Waals surface area contributed by atoms with E-state index in [2.05, 4.69) is 0 Å². The second-order valence-corrected chi connectivity index (χ2v) is 1.42. The van der Waals surface area contributed by atoms with Gasteiger partial charge in [-0.2, -0.15) is 8.42 Å². The zero-order chi connectivity index (χ0) is 7.21. The Balaban J connectivity index is -0.0000000800. The van der Waals surface area contributed by atoms with Gasteiger partial charge in [0.25, 0.3) is 0 Å². The van der Waals surface area contributed by atoms with Gasteiger partial charge in [0.1, 0.15) is 0 Å². The molecule has 0 aromatic carbocycles. The van der Waals surface area contributed by atoms with Crippen molar-refractivity contribution in [1.82, 2.24) is 0 Å². The van der Waals surface area contributed by atoms with E-state index in [1.807, 2.05) is 0 Å². The third-order valence-electron chi connectivity index (χ3n) is 0. The minimum absolute atomic E-state index is 0. The van der Waals surface area contributed by atoms with Gasteiger partial charge in [0, 0.05) is 0 Å². The van der Waals surface area contributed by atoms with Gasteiger partial charge >= 0.3 is 40.0 Å². The largest absolute Gasteiger partial charge is 1.00 e. The maximum Gasteiger partial charge on any atom is 1.00 e. The van der Waals surface area contributed by atoms with Crippen LogP contribution in [-0.4, -0.2) is 17.5 Å². The van der Waals surface area contributed by atoms with Crippen molar-refractivity contribution in [2.45, 2.75) is 0 Å². The predicted octanol–water partition coefficient (Wildman–Crippen LogP) is -3.40. The fourth-order valence-electron chi connectivity index (χ4n) is 0. The summed E-state index contributed by atoms with van der Waals surface area (Å²) in [4.78, 5) is 8.00. The van der Waals surface area contributed by atoms with Crippen LogP contribution in [0, 0.1) is 10.1 Å². The summed E-state index contributed by atoms with van der Waals surface area (Å²) >= 11 is 0. The van der Waals surface area contributed by atoms with Gasteiger partial charge < -0.3 is 10.1 Å². The van der Waals surface area contributed by atoms with Gasteiger partial charge in [0.05, 0.1) is 0 Å². The van der Waals surface area contributed by atoms with Crippen LogP contribution < -0.4 is 29.6 Å². The third kappa shape index (κ3) is 4460. The molecule has 0 saturated heterocycles. The SMILES string of the molecule is O=N[O-].O=S(=O)(O)O.[Na+]. The number of hydrogen-bond donors (Lipinski definition) is 2. The number of hydrogen-bond acceptors (Lipinski definition) is 5. The molecular formula is H2NNaO6S. The van der Waals surface area contributed by atoms with Crippen molar-refractivity contribution in [3.8, 4) is 0 Å². The van der Waals surface area contributed by atoms with E-state index < -0.39 is 10.4 Å². The molecule has 0 radical (unpaired) electrons. The van der Waals surface area contributed by atoms with Gasteiger partial charge in [-0.15, -0.1) is 5.34 Å². The minimum atomic E-state index is -4.67. The summed E-state index contributed by atoms with van der Waals surface area (Å²) in [6.07, 6.45) is 0. The van der Waals surface area contributed by atoms with Crippen molar-refractivity contribution in [3.63, 3.8) is 0 Å². The molecule has 0 rings (SSSR count). The van der Waals surface area contributed by atoms with Crippen LogP contribution >= 0.6 is 0 Å². The van der Waals surface area contributed by atoms with E-state index in [-0.39, 0.29) is 29.6 Å². The minimum Gasteiger partial charge on any atom is -0.444 e. The van der Waals surface area contributed by atoms with Crippen LogP contribution in [0.25, 0.3) is 0 Å².